The molecule has 2 aliphatic rings. The predicted molar refractivity (Wildman–Crippen MR) is 101 cm³/mol. The molecule has 3 unspecified atom stereocenters. The van der Waals surface area contributed by atoms with Gasteiger partial charge in [-0.3, -0.25) is 9.59 Å². The highest BCUT2D eigenvalue weighted by Crippen LogP contribution is 2.50. The molecule has 134 valence electrons. The lowest BCUT2D eigenvalue weighted by molar-refractivity contribution is -0.143. The van der Waals surface area contributed by atoms with E-state index in [0.717, 1.165) is 16.8 Å². The number of carbonyl (C=O) groups is 2. The van der Waals surface area contributed by atoms with E-state index in [0.29, 0.717) is 29.8 Å². The summed E-state index contributed by atoms with van der Waals surface area (Å²) in [6.45, 7) is 2.02. The Kier molecular flexibility index (Phi) is 4.23. The van der Waals surface area contributed by atoms with Gasteiger partial charge in [0.15, 0.2) is 0 Å². The molecule has 5 heteroatoms. The van der Waals surface area contributed by atoms with Crippen molar-refractivity contribution in [2.24, 2.45) is 5.92 Å². The van der Waals surface area contributed by atoms with Crippen molar-refractivity contribution >= 4 is 29.2 Å². The van der Waals surface area contributed by atoms with Gasteiger partial charge in [-0.2, -0.15) is 0 Å². The van der Waals surface area contributed by atoms with Crippen LogP contribution in [0, 0.1) is 12.8 Å². The van der Waals surface area contributed by atoms with Crippen LogP contribution in [0.15, 0.2) is 42.5 Å². The Balaban J connectivity index is 1.75. The third-order valence-corrected chi connectivity index (χ3v) is 5.90. The number of hydrogen-bond acceptors (Lipinski definition) is 2. The second-order valence-electron chi connectivity index (χ2n) is 7.27. The third kappa shape index (κ3) is 2.78. The molecule has 1 aliphatic carbocycles. The molecule has 0 radical (unpaired) electrons. The number of rotatable bonds is 2. The fourth-order valence-corrected chi connectivity index (χ4v) is 4.51. The summed E-state index contributed by atoms with van der Waals surface area (Å²) >= 11 is 5.95. The van der Waals surface area contributed by atoms with Crippen molar-refractivity contribution in [1.82, 2.24) is 0 Å². The quantitative estimate of drug-likeness (QED) is 0.838. The first kappa shape index (κ1) is 17.1. The lowest BCUT2D eigenvalue weighted by atomic mass is 9.76. The summed E-state index contributed by atoms with van der Waals surface area (Å²) in [5.74, 6) is -1.04. The molecule has 4 nitrogen and oxygen atoms in total. The normalized spacial score (nSPS) is 24.1. The zero-order valence-electron chi connectivity index (χ0n) is 14.5. The van der Waals surface area contributed by atoms with Crippen LogP contribution in [-0.2, 0) is 4.79 Å². The third-order valence-electron chi connectivity index (χ3n) is 5.65. The summed E-state index contributed by atoms with van der Waals surface area (Å²) in [5, 5.41) is 10.0. The van der Waals surface area contributed by atoms with Crippen LogP contribution in [-0.4, -0.2) is 23.0 Å². The first-order valence-corrected chi connectivity index (χ1v) is 9.26. The number of carboxylic acid groups (broad SMARTS) is 1. The second kappa shape index (κ2) is 6.44. The summed E-state index contributed by atoms with van der Waals surface area (Å²) in [6, 6.07) is 13.1. The lowest BCUT2D eigenvalue weighted by Crippen LogP contribution is -2.42. The second-order valence-corrected chi connectivity index (χ2v) is 7.70. The van der Waals surface area contributed by atoms with E-state index in [1.54, 1.807) is 24.3 Å². The van der Waals surface area contributed by atoms with Gasteiger partial charge in [0.25, 0.3) is 5.91 Å². The van der Waals surface area contributed by atoms with Crippen molar-refractivity contribution < 1.29 is 14.7 Å². The number of carboxylic acids is 1. The first-order chi connectivity index (χ1) is 12.5. The molecule has 1 fully saturated rings. The van der Waals surface area contributed by atoms with Gasteiger partial charge in [-0.15, -0.1) is 0 Å². The van der Waals surface area contributed by atoms with Gasteiger partial charge in [0.1, 0.15) is 0 Å². The van der Waals surface area contributed by atoms with Crippen molar-refractivity contribution in [1.29, 1.82) is 0 Å². The fraction of sp³-hybridized carbons (Fsp3) is 0.333. The molecule has 1 saturated carbocycles. The van der Waals surface area contributed by atoms with Crippen LogP contribution >= 0.6 is 11.6 Å². The first-order valence-electron chi connectivity index (χ1n) is 8.88. The molecule has 0 bridgehead atoms. The standard InChI is InChI=1S/C21H20ClNO3/c1-12-2-8-18-16(10-12)17-11-14(21(25)26)5-9-19(17)23(18)20(24)13-3-6-15(22)7-4-13/h2-4,6-8,10,14,17,19H,5,9,11H2,1H3,(H,25,26). The number of aryl methyl sites for hydroxylation is 1. The monoisotopic (exact) mass is 369 g/mol. The van der Waals surface area contributed by atoms with Gasteiger partial charge in [0.05, 0.1) is 5.92 Å². The molecular weight excluding hydrogens is 350 g/mol. The Hall–Kier alpha value is -2.33. The minimum Gasteiger partial charge on any atom is -0.481 e. The van der Waals surface area contributed by atoms with Crippen molar-refractivity contribution in [3.8, 4) is 0 Å². The number of amides is 1. The summed E-state index contributed by atoms with van der Waals surface area (Å²) < 4.78 is 0. The van der Waals surface area contributed by atoms with Crippen molar-refractivity contribution in [2.75, 3.05) is 4.90 Å². The van der Waals surface area contributed by atoms with Crippen molar-refractivity contribution in [2.45, 2.75) is 38.1 Å². The minimum atomic E-state index is -0.736. The van der Waals surface area contributed by atoms with Crippen LogP contribution < -0.4 is 4.90 Å². The smallest absolute Gasteiger partial charge is 0.306 e. The fourth-order valence-electron chi connectivity index (χ4n) is 4.38. The lowest BCUT2D eigenvalue weighted by Gasteiger charge is -2.34. The molecule has 3 atom stereocenters. The van der Waals surface area contributed by atoms with Crippen LogP contribution in [0.25, 0.3) is 0 Å². The summed E-state index contributed by atoms with van der Waals surface area (Å²) in [4.78, 5) is 26.6. The number of anilines is 1. The van der Waals surface area contributed by atoms with E-state index < -0.39 is 5.97 Å². The van der Waals surface area contributed by atoms with E-state index in [2.05, 4.69) is 6.07 Å². The predicted octanol–water partition coefficient (Wildman–Crippen LogP) is 4.65. The maximum Gasteiger partial charge on any atom is 0.306 e. The van der Waals surface area contributed by atoms with Gasteiger partial charge >= 0.3 is 5.97 Å². The molecule has 2 aromatic rings. The Morgan fingerprint density at radius 3 is 2.54 bits per heavy atom. The van der Waals surface area contributed by atoms with Gasteiger partial charge in [-0.25, -0.2) is 0 Å². The van der Waals surface area contributed by atoms with Gasteiger partial charge in [-0.1, -0.05) is 29.3 Å². The Morgan fingerprint density at radius 1 is 1.12 bits per heavy atom. The van der Waals surface area contributed by atoms with Gasteiger partial charge in [-0.05, 0) is 62.1 Å². The van der Waals surface area contributed by atoms with Crippen LogP contribution in [0.4, 0.5) is 5.69 Å². The van der Waals surface area contributed by atoms with Crippen LogP contribution in [0.1, 0.15) is 46.7 Å². The van der Waals surface area contributed by atoms with E-state index >= 15 is 0 Å². The summed E-state index contributed by atoms with van der Waals surface area (Å²) in [7, 11) is 0. The number of hydrogen-bond donors (Lipinski definition) is 1. The molecule has 0 aromatic heterocycles. The topological polar surface area (TPSA) is 57.6 Å². The molecular formula is C21H20ClNO3. The molecule has 1 aliphatic heterocycles. The summed E-state index contributed by atoms with van der Waals surface area (Å²) in [6.07, 6.45) is 1.89. The van der Waals surface area contributed by atoms with E-state index in [1.807, 2.05) is 24.0 Å². The number of carbonyl (C=O) groups excluding carboxylic acids is 1. The highest BCUT2D eigenvalue weighted by molar-refractivity contribution is 6.30. The number of fused-ring (bicyclic) bond motifs is 3. The van der Waals surface area contributed by atoms with Gasteiger partial charge in [0.2, 0.25) is 0 Å². The number of halogens is 1. The molecule has 26 heavy (non-hydrogen) atoms. The highest BCUT2D eigenvalue weighted by atomic mass is 35.5. The molecule has 0 saturated heterocycles. The van der Waals surface area contributed by atoms with E-state index in [4.69, 9.17) is 11.6 Å². The number of benzene rings is 2. The zero-order valence-corrected chi connectivity index (χ0v) is 15.2. The summed E-state index contributed by atoms with van der Waals surface area (Å²) in [5.41, 5.74) is 3.74. The van der Waals surface area contributed by atoms with E-state index in [1.165, 1.54) is 0 Å². The minimum absolute atomic E-state index is 0.0191. The van der Waals surface area contributed by atoms with Crippen molar-refractivity contribution in [3.63, 3.8) is 0 Å². The van der Waals surface area contributed by atoms with Crippen LogP contribution in [0.3, 0.4) is 0 Å². The Bertz CT molecular complexity index is 877. The largest absolute Gasteiger partial charge is 0.481 e. The maximum absolute atomic E-state index is 13.2. The van der Waals surface area contributed by atoms with Gasteiger partial charge in [0, 0.05) is 28.2 Å². The van der Waals surface area contributed by atoms with Crippen molar-refractivity contribution in [3.05, 3.63) is 64.2 Å². The zero-order chi connectivity index (χ0) is 18.4. The Labute approximate surface area is 157 Å². The average molecular weight is 370 g/mol. The van der Waals surface area contributed by atoms with E-state index in [9.17, 15) is 14.7 Å². The Morgan fingerprint density at radius 2 is 1.85 bits per heavy atom. The molecule has 1 heterocycles. The number of nitrogens with zero attached hydrogens (tertiary/aromatic N) is 1. The maximum atomic E-state index is 13.2. The molecule has 1 amide bonds. The average Bonchev–Trinajstić information content (AvgIpc) is 2.94. The van der Waals surface area contributed by atoms with E-state index in [-0.39, 0.29) is 23.8 Å². The van der Waals surface area contributed by atoms with Crippen LogP contribution in [0.5, 0.6) is 0 Å². The molecule has 0 spiro atoms. The number of aliphatic carboxylic acids is 1. The molecule has 2 aromatic carbocycles. The molecule has 4 rings (SSSR count). The highest BCUT2D eigenvalue weighted by Gasteiger charge is 2.46. The molecule has 1 N–H and O–H groups in total. The SMILES string of the molecule is Cc1ccc2c(c1)C1CC(C(=O)O)CCC1N2C(=O)c1ccc(Cl)cc1. The van der Waals surface area contributed by atoms with Crippen LogP contribution in [0.2, 0.25) is 5.02 Å². The van der Waals surface area contributed by atoms with Gasteiger partial charge < -0.3 is 10.0 Å².